The zero-order chi connectivity index (χ0) is 21.9. The molecule has 158 valence electrons. The molecule has 8 nitrogen and oxygen atoms in total. The molecule has 1 spiro atoms. The highest BCUT2D eigenvalue weighted by Gasteiger charge is 2.70. The molecule has 9 heteroatoms. The van der Waals surface area contributed by atoms with E-state index in [-0.39, 0.29) is 13.0 Å². The minimum atomic E-state index is -1.50. The molecule has 2 aromatic carbocycles. The van der Waals surface area contributed by atoms with Gasteiger partial charge in [-0.25, -0.2) is 0 Å². The van der Waals surface area contributed by atoms with Crippen molar-refractivity contribution in [1.82, 2.24) is 10.2 Å². The van der Waals surface area contributed by atoms with Crippen LogP contribution in [-0.4, -0.2) is 34.6 Å². The summed E-state index contributed by atoms with van der Waals surface area (Å²) in [6.45, 7) is 0.0922. The highest BCUT2D eigenvalue weighted by atomic mass is 35.5. The van der Waals surface area contributed by atoms with E-state index in [1.54, 1.807) is 18.2 Å². The van der Waals surface area contributed by atoms with Crippen molar-refractivity contribution in [2.75, 3.05) is 5.32 Å². The molecule has 0 bridgehead atoms. The second-order valence-corrected chi connectivity index (χ2v) is 8.56. The fourth-order valence-corrected chi connectivity index (χ4v) is 5.32. The first-order chi connectivity index (χ1) is 14.8. The van der Waals surface area contributed by atoms with Crippen LogP contribution in [0.5, 0.6) is 0 Å². The summed E-state index contributed by atoms with van der Waals surface area (Å²) in [6.07, 6.45) is -0.176. The van der Waals surface area contributed by atoms with Crippen LogP contribution in [0.25, 0.3) is 0 Å². The third kappa shape index (κ3) is 2.79. The summed E-state index contributed by atoms with van der Waals surface area (Å²) in [7, 11) is 0. The van der Waals surface area contributed by atoms with Crippen molar-refractivity contribution in [3.63, 3.8) is 0 Å². The number of imide groups is 1. The van der Waals surface area contributed by atoms with E-state index in [1.807, 2.05) is 30.3 Å². The zero-order valence-corrected chi connectivity index (χ0v) is 17.1. The van der Waals surface area contributed by atoms with Crippen LogP contribution in [0.3, 0.4) is 0 Å². The number of likely N-dealkylation sites (tertiary alicyclic amines) is 1. The number of anilines is 1. The number of hydrogen-bond acceptors (Lipinski definition) is 5. The number of nitrogens with zero attached hydrogens (tertiary/aromatic N) is 1. The summed E-state index contributed by atoms with van der Waals surface area (Å²) in [5, 5.41) is 6.32. The van der Waals surface area contributed by atoms with Gasteiger partial charge in [-0.1, -0.05) is 41.9 Å². The molecule has 0 aliphatic carbocycles. The van der Waals surface area contributed by atoms with Gasteiger partial charge in [-0.15, -0.1) is 0 Å². The SMILES string of the molecule is NC(=O)C[C@H]1N[C@@]2(C(=O)Nc3ccc(Cl)cc32)[C@@H]2C(=O)N(Cc3ccccc3)C(=O)[C@@H]21. The average molecular weight is 439 g/mol. The molecule has 2 saturated heterocycles. The maximum atomic E-state index is 13.6. The van der Waals surface area contributed by atoms with E-state index in [9.17, 15) is 19.2 Å². The molecule has 2 aromatic rings. The molecule has 4 N–H and O–H groups in total. The van der Waals surface area contributed by atoms with Gasteiger partial charge in [-0.2, -0.15) is 0 Å². The first-order valence-electron chi connectivity index (χ1n) is 9.89. The Kier molecular flexibility index (Phi) is 4.39. The quantitative estimate of drug-likeness (QED) is 0.618. The summed E-state index contributed by atoms with van der Waals surface area (Å²) < 4.78 is 0. The maximum Gasteiger partial charge on any atom is 0.250 e. The van der Waals surface area contributed by atoms with Crippen LogP contribution in [0, 0.1) is 11.8 Å². The number of carbonyl (C=O) groups excluding carboxylic acids is 4. The summed E-state index contributed by atoms with van der Waals surface area (Å²) in [5.41, 5.74) is 5.73. The van der Waals surface area contributed by atoms with E-state index in [4.69, 9.17) is 17.3 Å². The van der Waals surface area contributed by atoms with Crippen LogP contribution in [-0.2, 0) is 31.3 Å². The molecule has 0 saturated carbocycles. The van der Waals surface area contributed by atoms with Crippen molar-refractivity contribution in [2.45, 2.75) is 24.5 Å². The number of primary amides is 1. The molecule has 3 aliphatic rings. The Morgan fingerprint density at radius 3 is 2.55 bits per heavy atom. The van der Waals surface area contributed by atoms with Crippen LogP contribution in [0.1, 0.15) is 17.5 Å². The Morgan fingerprint density at radius 1 is 1.10 bits per heavy atom. The number of rotatable bonds is 4. The first kappa shape index (κ1) is 19.7. The predicted molar refractivity (Wildman–Crippen MR) is 111 cm³/mol. The van der Waals surface area contributed by atoms with Gasteiger partial charge in [0.15, 0.2) is 0 Å². The van der Waals surface area contributed by atoms with Crippen molar-refractivity contribution in [3.05, 3.63) is 64.7 Å². The Hall–Kier alpha value is -3.23. The van der Waals surface area contributed by atoms with E-state index in [0.717, 1.165) is 5.56 Å². The molecule has 31 heavy (non-hydrogen) atoms. The third-order valence-corrected chi connectivity index (χ3v) is 6.61. The minimum Gasteiger partial charge on any atom is -0.370 e. The van der Waals surface area contributed by atoms with Crippen LogP contribution in [0.4, 0.5) is 5.69 Å². The lowest BCUT2D eigenvalue weighted by atomic mass is 9.76. The lowest BCUT2D eigenvalue weighted by molar-refractivity contribution is -0.143. The van der Waals surface area contributed by atoms with Crippen molar-refractivity contribution < 1.29 is 19.2 Å². The van der Waals surface area contributed by atoms with E-state index in [1.165, 1.54) is 4.90 Å². The van der Waals surface area contributed by atoms with Gasteiger partial charge in [0, 0.05) is 28.7 Å². The molecular formula is C22H19ClN4O4. The van der Waals surface area contributed by atoms with Crippen molar-refractivity contribution in [2.24, 2.45) is 17.6 Å². The average Bonchev–Trinajstić information content (AvgIpc) is 3.29. The molecule has 3 heterocycles. The standard InChI is InChI=1S/C22H19ClN4O4/c23-12-6-7-14-13(8-12)22(21(31)25-14)18-17(15(26-22)9-16(24)28)19(29)27(20(18)30)10-11-4-2-1-3-5-11/h1-8,15,17-18,26H,9-10H2,(H2,24,28)(H,25,31)/t15-,17-,18+,22-/m1/s1. The van der Waals surface area contributed by atoms with E-state index >= 15 is 0 Å². The van der Waals surface area contributed by atoms with E-state index in [2.05, 4.69) is 10.6 Å². The molecule has 0 radical (unpaired) electrons. The fraction of sp³-hybridized carbons (Fsp3) is 0.273. The molecule has 0 aromatic heterocycles. The molecule has 3 aliphatic heterocycles. The number of nitrogens with one attached hydrogen (secondary N) is 2. The number of benzene rings is 2. The number of halogens is 1. The highest BCUT2D eigenvalue weighted by molar-refractivity contribution is 6.31. The van der Waals surface area contributed by atoms with Gasteiger partial charge in [0.05, 0.1) is 18.4 Å². The Balaban J connectivity index is 1.62. The van der Waals surface area contributed by atoms with Crippen LogP contribution in [0.15, 0.2) is 48.5 Å². The largest absolute Gasteiger partial charge is 0.370 e. The number of hydrogen-bond donors (Lipinski definition) is 3. The fourth-order valence-electron chi connectivity index (χ4n) is 5.15. The summed E-state index contributed by atoms with van der Waals surface area (Å²) in [4.78, 5) is 53.1. The van der Waals surface area contributed by atoms with Crippen LogP contribution in [0.2, 0.25) is 5.02 Å². The van der Waals surface area contributed by atoms with Gasteiger partial charge >= 0.3 is 0 Å². The minimum absolute atomic E-state index is 0.0922. The van der Waals surface area contributed by atoms with Crippen molar-refractivity contribution >= 4 is 40.9 Å². The third-order valence-electron chi connectivity index (χ3n) is 6.37. The normalized spacial score (nSPS) is 28.7. The Labute approximate surface area is 182 Å². The summed E-state index contributed by atoms with van der Waals surface area (Å²) in [5.74, 6) is -3.85. The number of carbonyl (C=O) groups is 4. The van der Waals surface area contributed by atoms with Gasteiger partial charge in [-0.05, 0) is 23.8 Å². The van der Waals surface area contributed by atoms with Gasteiger partial charge in [0.25, 0.3) is 0 Å². The molecular weight excluding hydrogens is 420 g/mol. The van der Waals surface area contributed by atoms with E-state index < -0.39 is 47.0 Å². The number of amides is 4. The number of nitrogens with two attached hydrogens (primary N) is 1. The lowest BCUT2D eigenvalue weighted by Gasteiger charge is -2.29. The first-order valence-corrected chi connectivity index (χ1v) is 10.3. The molecule has 5 rings (SSSR count). The Morgan fingerprint density at radius 2 is 1.84 bits per heavy atom. The molecule has 2 fully saturated rings. The Bertz CT molecular complexity index is 1140. The van der Waals surface area contributed by atoms with Crippen LogP contribution < -0.4 is 16.4 Å². The maximum absolute atomic E-state index is 13.6. The number of fused-ring (bicyclic) bond motifs is 4. The topological polar surface area (TPSA) is 122 Å². The van der Waals surface area contributed by atoms with E-state index in [0.29, 0.717) is 16.3 Å². The predicted octanol–water partition coefficient (Wildman–Crippen LogP) is 1.14. The van der Waals surface area contributed by atoms with Crippen molar-refractivity contribution in [3.8, 4) is 0 Å². The summed E-state index contributed by atoms with van der Waals surface area (Å²) in [6, 6.07) is 13.3. The second-order valence-electron chi connectivity index (χ2n) is 8.12. The van der Waals surface area contributed by atoms with Crippen LogP contribution >= 0.6 is 11.6 Å². The van der Waals surface area contributed by atoms with Gasteiger partial charge in [0.2, 0.25) is 23.6 Å². The second kappa shape index (κ2) is 6.90. The molecule has 0 unspecified atom stereocenters. The zero-order valence-electron chi connectivity index (χ0n) is 16.3. The molecule has 4 atom stereocenters. The highest BCUT2D eigenvalue weighted by Crippen LogP contribution is 2.53. The van der Waals surface area contributed by atoms with Gasteiger partial charge in [0.1, 0.15) is 5.54 Å². The monoisotopic (exact) mass is 438 g/mol. The smallest absolute Gasteiger partial charge is 0.250 e. The van der Waals surface area contributed by atoms with Crippen molar-refractivity contribution in [1.29, 1.82) is 0 Å². The van der Waals surface area contributed by atoms with Gasteiger partial charge in [-0.3, -0.25) is 29.4 Å². The molecule has 4 amide bonds. The lowest BCUT2D eigenvalue weighted by Crippen LogP contribution is -2.53. The summed E-state index contributed by atoms with van der Waals surface area (Å²) >= 11 is 6.19. The van der Waals surface area contributed by atoms with Gasteiger partial charge < -0.3 is 11.1 Å².